The number of imidazole rings is 1. The number of hydrogen-bond acceptors (Lipinski definition) is 8. The maximum Gasteiger partial charge on any atom is 0.435 e. The van der Waals surface area contributed by atoms with Crippen LogP contribution in [0.1, 0.15) is 39.5 Å². The number of aromatic nitrogens is 5. The quantitative estimate of drug-likeness (QED) is 0.203. The molecule has 49 heavy (non-hydrogen) atoms. The first-order valence-electron chi connectivity index (χ1n) is 15.3. The van der Waals surface area contributed by atoms with E-state index in [0.29, 0.717) is 26.2 Å². The van der Waals surface area contributed by atoms with Crippen molar-refractivity contribution in [2.24, 2.45) is 13.0 Å². The number of halogens is 5. The number of rotatable bonds is 6. The number of nitrogens with zero attached hydrogens (tertiary/aromatic N) is 7. The molecule has 4 aromatic rings. The van der Waals surface area contributed by atoms with Gasteiger partial charge in [-0.25, -0.2) is 9.67 Å². The fourth-order valence-electron chi connectivity index (χ4n) is 5.90. The molecule has 0 radical (unpaired) electrons. The van der Waals surface area contributed by atoms with Gasteiger partial charge in [-0.2, -0.15) is 27.6 Å². The summed E-state index contributed by atoms with van der Waals surface area (Å²) >= 11 is 6.46. The highest BCUT2D eigenvalue weighted by atomic mass is 35.5. The number of carbonyl (C=O) groups excluding carboxylic acids is 3. The number of amides is 3. The second kappa shape index (κ2) is 13.5. The van der Waals surface area contributed by atoms with Crippen LogP contribution < -0.4 is 16.4 Å². The molecule has 13 nitrogen and oxygen atoms in total. The molecule has 1 aromatic carbocycles. The molecule has 3 amide bonds. The Bertz CT molecular complexity index is 1910. The number of anilines is 2. The van der Waals surface area contributed by atoms with Crippen molar-refractivity contribution < 1.29 is 31.9 Å². The van der Waals surface area contributed by atoms with Gasteiger partial charge >= 0.3 is 6.18 Å². The zero-order valence-electron chi connectivity index (χ0n) is 26.1. The summed E-state index contributed by atoms with van der Waals surface area (Å²) in [5, 5.41) is 9.50. The fraction of sp³-hybridized carbons (Fsp3) is 0.355. The summed E-state index contributed by atoms with van der Waals surface area (Å²) in [7, 11) is 1.35. The highest BCUT2D eigenvalue weighted by Crippen LogP contribution is 2.37. The van der Waals surface area contributed by atoms with E-state index in [4.69, 9.17) is 17.3 Å². The fourth-order valence-corrected chi connectivity index (χ4v) is 6.16. The largest absolute Gasteiger partial charge is 0.435 e. The van der Waals surface area contributed by atoms with Crippen LogP contribution in [-0.4, -0.2) is 91.1 Å². The number of piperazine rings is 1. The second-order valence-electron chi connectivity index (χ2n) is 11.7. The van der Waals surface area contributed by atoms with Crippen molar-refractivity contribution in [2.75, 3.05) is 50.3 Å². The standard InChI is InChI=1S/C31H31ClF4N10O3/c1-43-23(20-16-46(42-25(20)31(34,35)36)24-5-4-22(37)26(33)41-24)15-39-27(43)28(47)40-18-2-3-19(21(32)14-18)30(49)45-12-10-44(11-13-45)29(48)17-6-8-38-9-7-17/h2-5,14-17,38H,6-13,37H2,1H3,(H,40,47). The number of hydrogen-bond donors (Lipinski definition) is 3. The van der Waals surface area contributed by atoms with Crippen LogP contribution in [0.3, 0.4) is 0 Å². The van der Waals surface area contributed by atoms with Crippen molar-refractivity contribution in [3.63, 3.8) is 0 Å². The van der Waals surface area contributed by atoms with Crippen LogP contribution in [0.4, 0.5) is 28.9 Å². The molecule has 258 valence electrons. The molecular weight excluding hydrogens is 672 g/mol. The highest BCUT2D eigenvalue weighted by Gasteiger charge is 2.39. The molecule has 4 N–H and O–H groups in total. The molecule has 2 aliphatic heterocycles. The lowest BCUT2D eigenvalue weighted by molar-refractivity contribution is -0.141. The average Bonchev–Trinajstić information content (AvgIpc) is 3.70. The first-order valence-corrected chi connectivity index (χ1v) is 15.7. The Labute approximate surface area is 282 Å². The van der Waals surface area contributed by atoms with Crippen molar-refractivity contribution in [2.45, 2.75) is 19.0 Å². The second-order valence-corrected chi connectivity index (χ2v) is 12.1. The summed E-state index contributed by atoms with van der Waals surface area (Å²) < 4.78 is 57.8. The zero-order chi connectivity index (χ0) is 35.0. The van der Waals surface area contributed by atoms with E-state index in [9.17, 15) is 31.9 Å². The lowest BCUT2D eigenvalue weighted by Gasteiger charge is -2.37. The molecule has 6 rings (SSSR count). The first-order chi connectivity index (χ1) is 23.3. The summed E-state index contributed by atoms with van der Waals surface area (Å²) in [6.07, 6.45) is -1.23. The van der Waals surface area contributed by atoms with E-state index in [1.54, 1.807) is 9.80 Å². The molecule has 0 bridgehead atoms. The first kappa shape index (κ1) is 33.9. The Morgan fingerprint density at radius 2 is 1.73 bits per heavy atom. The summed E-state index contributed by atoms with van der Waals surface area (Å²) in [5.41, 5.74) is 3.74. The van der Waals surface area contributed by atoms with Crippen LogP contribution in [0.25, 0.3) is 17.1 Å². The molecule has 5 heterocycles. The number of piperidine rings is 1. The molecule has 2 fully saturated rings. The highest BCUT2D eigenvalue weighted by molar-refractivity contribution is 6.34. The normalized spacial score (nSPS) is 15.8. The van der Waals surface area contributed by atoms with Gasteiger partial charge < -0.3 is 30.7 Å². The van der Waals surface area contributed by atoms with E-state index in [1.165, 1.54) is 31.3 Å². The van der Waals surface area contributed by atoms with Gasteiger partial charge in [-0.15, -0.1) is 0 Å². The summed E-state index contributed by atoms with van der Waals surface area (Å²) in [6, 6.07) is 6.68. The average molecular weight is 703 g/mol. The van der Waals surface area contributed by atoms with Crippen LogP contribution in [0.15, 0.2) is 42.7 Å². The Hall–Kier alpha value is -5.03. The topological polar surface area (TPSA) is 156 Å². The van der Waals surface area contributed by atoms with Gasteiger partial charge in [-0.1, -0.05) is 11.6 Å². The maximum absolute atomic E-state index is 14.0. The van der Waals surface area contributed by atoms with Gasteiger partial charge in [-0.3, -0.25) is 14.4 Å². The lowest BCUT2D eigenvalue weighted by atomic mass is 9.96. The van der Waals surface area contributed by atoms with E-state index in [1.807, 2.05) is 0 Å². The third-order valence-electron chi connectivity index (χ3n) is 8.57. The SMILES string of the molecule is Cn1c(-c2cn(-c3ccc(N)c(F)n3)nc2C(F)(F)F)cnc1C(=O)Nc1ccc(C(=O)N2CCN(C(=O)C3CCNCC3)CC2)c(Cl)c1. The van der Waals surface area contributed by atoms with Crippen LogP contribution >= 0.6 is 11.6 Å². The van der Waals surface area contributed by atoms with Crippen molar-refractivity contribution >= 4 is 40.7 Å². The molecule has 0 aliphatic carbocycles. The molecule has 0 unspecified atom stereocenters. The predicted molar refractivity (Wildman–Crippen MR) is 170 cm³/mol. The van der Waals surface area contributed by atoms with E-state index < -0.39 is 29.3 Å². The number of nitrogen functional groups attached to an aromatic ring is 1. The van der Waals surface area contributed by atoms with E-state index in [0.717, 1.165) is 53.6 Å². The number of nitrogens with two attached hydrogens (primary N) is 1. The van der Waals surface area contributed by atoms with Gasteiger partial charge in [0.25, 0.3) is 11.8 Å². The zero-order valence-corrected chi connectivity index (χ0v) is 26.9. The van der Waals surface area contributed by atoms with Crippen LogP contribution in [0, 0.1) is 11.9 Å². The van der Waals surface area contributed by atoms with Gasteiger partial charge in [0.15, 0.2) is 17.3 Å². The number of pyridine rings is 1. The van der Waals surface area contributed by atoms with Gasteiger partial charge in [0.2, 0.25) is 11.9 Å². The predicted octanol–water partition coefficient (Wildman–Crippen LogP) is 3.60. The van der Waals surface area contributed by atoms with Crippen LogP contribution in [-0.2, 0) is 18.0 Å². The number of benzene rings is 1. The molecule has 3 aromatic heterocycles. The number of nitrogens with one attached hydrogen (secondary N) is 2. The molecule has 2 saturated heterocycles. The van der Waals surface area contributed by atoms with E-state index in [2.05, 4.69) is 25.7 Å². The third kappa shape index (κ3) is 6.94. The van der Waals surface area contributed by atoms with Crippen LogP contribution in [0.5, 0.6) is 0 Å². The van der Waals surface area contributed by atoms with E-state index in [-0.39, 0.29) is 57.0 Å². The van der Waals surface area contributed by atoms with E-state index >= 15 is 0 Å². The molecule has 0 atom stereocenters. The van der Waals surface area contributed by atoms with Gasteiger partial charge in [0.05, 0.1) is 33.7 Å². The Morgan fingerprint density at radius 1 is 1.04 bits per heavy atom. The third-order valence-corrected chi connectivity index (χ3v) is 8.88. The molecular formula is C31H31ClF4N10O3. The maximum atomic E-state index is 14.0. The van der Waals surface area contributed by atoms with Gasteiger partial charge in [0.1, 0.15) is 0 Å². The van der Waals surface area contributed by atoms with Crippen molar-refractivity contribution in [1.29, 1.82) is 0 Å². The summed E-state index contributed by atoms with van der Waals surface area (Å²) in [4.78, 5) is 50.3. The lowest BCUT2D eigenvalue weighted by Crippen LogP contribution is -2.52. The van der Waals surface area contributed by atoms with Gasteiger partial charge in [-0.05, 0) is 56.3 Å². The van der Waals surface area contributed by atoms with Crippen molar-refractivity contribution in [3.05, 3.63) is 70.8 Å². The van der Waals surface area contributed by atoms with Crippen LogP contribution in [0.2, 0.25) is 5.02 Å². The minimum Gasteiger partial charge on any atom is -0.395 e. The minimum absolute atomic E-state index is 0.000533. The number of carbonyl (C=O) groups is 3. The number of alkyl halides is 3. The Kier molecular flexibility index (Phi) is 9.30. The van der Waals surface area contributed by atoms with Crippen molar-refractivity contribution in [3.8, 4) is 17.1 Å². The summed E-state index contributed by atoms with van der Waals surface area (Å²) in [5.74, 6) is -2.51. The smallest absolute Gasteiger partial charge is 0.395 e. The molecule has 0 saturated carbocycles. The minimum atomic E-state index is -4.91. The molecule has 2 aliphatic rings. The molecule has 0 spiro atoms. The summed E-state index contributed by atoms with van der Waals surface area (Å²) in [6.45, 7) is 3.19. The van der Waals surface area contributed by atoms with Crippen molar-refractivity contribution in [1.82, 2.24) is 39.4 Å². The Morgan fingerprint density at radius 3 is 2.39 bits per heavy atom. The van der Waals surface area contributed by atoms with Gasteiger partial charge in [0, 0.05) is 51.0 Å². The monoisotopic (exact) mass is 702 g/mol. The molecule has 18 heteroatoms. The Balaban J connectivity index is 1.14.